The molecule has 158 valence electrons. The lowest BCUT2D eigenvalue weighted by molar-refractivity contribution is 0.0696. The number of benzene rings is 1. The minimum Gasteiger partial charge on any atom is -0.494 e. The van der Waals surface area contributed by atoms with Crippen molar-refractivity contribution in [3.8, 4) is 5.75 Å². The van der Waals surface area contributed by atoms with E-state index in [1.165, 1.54) is 0 Å². The van der Waals surface area contributed by atoms with Gasteiger partial charge in [-0.25, -0.2) is 13.1 Å². The van der Waals surface area contributed by atoms with E-state index in [0.717, 1.165) is 29.9 Å². The summed E-state index contributed by atoms with van der Waals surface area (Å²) in [5.41, 5.74) is 1.44. The van der Waals surface area contributed by atoms with Crippen molar-refractivity contribution in [3.63, 3.8) is 0 Å². The Hall–Kier alpha value is -2.04. The van der Waals surface area contributed by atoms with Crippen LogP contribution in [-0.2, 0) is 10.0 Å². The highest BCUT2D eigenvalue weighted by atomic mass is 32.2. The predicted molar refractivity (Wildman–Crippen MR) is 111 cm³/mol. The van der Waals surface area contributed by atoms with Crippen LogP contribution in [0.25, 0.3) is 0 Å². The van der Waals surface area contributed by atoms with E-state index in [1.54, 1.807) is 30.0 Å². The summed E-state index contributed by atoms with van der Waals surface area (Å²) in [7, 11) is -3.59. The Balaban J connectivity index is 1.54. The van der Waals surface area contributed by atoms with Crippen LogP contribution in [0, 0.1) is 19.8 Å². The maximum absolute atomic E-state index is 12.6. The monoisotopic (exact) mass is 438 g/mol. The van der Waals surface area contributed by atoms with Crippen LogP contribution in [0.5, 0.6) is 5.75 Å². The first-order valence-corrected chi connectivity index (χ1v) is 11.9. The summed E-state index contributed by atoms with van der Waals surface area (Å²) in [5.74, 6) is 0.842. The second kappa shape index (κ2) is 9.19. The Morgan fingerprint density at radius 3 is 2.62 bits per heavy atom. The molecule has 8 nitrogen and oxygen atoms in total. The number of aromatic nitrogens is 2. The molecular weight excluding hydrogens is 412 g/mol. The van der Waals surface area contributed by atoms with Gasteiger partial charge in [0, 0.05) is 19.6 Å². The molecular formula is C19H26N4O4S2. The SMILES string of the molecule is CCOc1ccc(S(=O)(=O)NCC2CCN(C(=O)c3snnc3C)CC2)cc1C. The Bertz CT molecular complexity index is 966. The predicted octanol–water partition coefficient (Wildman–Crippen LogP) is 2.38. The molecule has 0 unspecified atom stereocenters. The number of amides is 1. The third kappa shape index (κ3) is 5.12. The molecule has 1 aliphatic rings. The molecule has 1 fully saturated rings. The topological polar surface area (TPSA) is 101 Å². The number of piperidine rings is 1. The van der Waals surface area contributed by atoms with Gasteiger partial charge in [-0.05, 0) is 74.8 Å². The van der Waals surface area contributed by atoms with E-state index in [1.807, 2.05) is 13.8 Å². The average molecular weight is 439 g/mol. The van der Waals surface area contributed by atoms with E-state index in [2.05, 4.69) is 14.3 Å². The maximum atomic E-state index is 12.6. The van der Waals surface area contributed by atoms with Gasteiger partial charge in [0.05, 0.1) is 17.2 Å². The van der Waals surface area contributed by atoms with Crippen LogP contribution in [0.4, 0.5) is 0 Å². The van der Waals surface area contributed by atoms with Crippen LogP contribution in [0.3, 0.4) is 0 Å². The number of ether oxygens (including phenoxy) is 1. The van der Waals surface area contributed by atoms with Gasteiger partial charge in [0.15, 0.2) is 0 Å². The summed E-state index contributed by atoms with van der Waals surface area (Å²) in [5, 5.41) is 3.89. The van der Waals surface area contributed by atoms with Crippen molar-refractivity contribution in [3.05, 3.63) is 34.3 Å². The van der Waals surface area contributed by atoms with Crippen LogP contribution in [0.15, 0.2) is 23.1 Å². The largest absolute Gasteiger partial charge is 0.494 e. The highest BCUT2D eigenvalue weighted by Gasteiger charge is 2.27. The Labute approximate surface area is 175 Å². The number of nitrogens with one attached hydrogen (secondary N) is 1. The van der Waals surface area contributed by atoms with E-state index in [4.69, 9.17) is 4.74 Å². The summed E-state index contributed by atoms with van der Waals surface area (Å²) < 4.78 is 37.3. The molecule has 0 saturated carbocycles. The molecule has 0 radical (unpaired) electrons. The van der Waals surface area contributed by atoms with Gasteiger partial charge in [-0.3, -0.25) is 4.79 Å². The van der Waals surface area contributed by atoms with Crippen molar-refractivity contribution in [1.29, 1.82) is 0 Å². The molecule has 1 aliphatic heterocycles. The minimum absolute atomic E-state index is 0.0404. The molecule has 0 spiro atoms. The number of hydrogen-bond acceptors (Lipinski definition) is 7. The fourth-order valence-corrected chi connectivity index (χ4v) is 5.15. The molecule has 1 aromatic heterocycles. The number of aryl methyl sites for hydroxylation is 2. The second-order valence-electron chi connectivity index (χ2n) is 7.14. The van der Waals surface area contributed by atoms with E-state index < -0.39 is 10.0 Å². The number of carbonyl (C=O) groups excluding carboxylic acids is 1. The molecule has 1 aromatic carbocycles. The van der Waals surface area contributed by atoms with Gasteiger partial charge >= 0.3 is 0 Å². The molecule has 3 rings (SSSR count). The van der Waals surface area contributed by atoms with Crippen molar-refractivity contribution in [2.45, 2.75) is 38.5 Å². The van der Waals surface area contributed by atoms with Crippen molar-refractivity contribution < 1.29 is 17.9 Å². The number of nitrogens with zero attached hydrogens (tertiary/aromatic N) is 3. The van der Waals surface area contributed by atoms with Crippen LogP contribution >= 0.6 is 11.5 Å². The van der Waals surface area contributed by atoms with E-state index in [0.29, 0.717) is 42.6 Å². The smallest absolute Gasteiger partial charge is 0.267 e. The first-order chi connectivity index (χ1) is 13.8. The minimum atomic E-state index is -3.59. The fraction of sp³-hybridized carbons (Fsp3) is 0.526. The van der Waals surface area contributed by atoms with Crippen LogP contribution < -0.4 is 9.46 Å². The van der Waals surface area contributed by atoms with Crippen molar-refractivity contribution in [2.24, 2.45) is 5.92 Å². The van der Waals surface area contributed by atoms with Gasteiger partial charge in [-0.1, -0.05) is 4.49 Å². The van der Waals surface area contributed by atoms with Gasteiger partial charge < -0.3 is 9.64 Å². The quantitative estimate of drug-likeness (QED) is 0.712. The zero-order chi connectivity index (χ0) is 21.0. The molecule has 1 N–H and O–H groups in total. The summed E-state index contributed by atoms with van der Waals surface area (Å²) in [6, 6.07) is 4.88. The number of sulfonamides is 1. The molecule has 0 bridgehead atoms. The van der Waals surface area contributed by atoms with E-state index in [9.17, 15) is 13.2 Å². The molecule has 0 atom stereocenters. The Morgan fingerprint density at radius 2 is 2.03 bits per heavy atom. The highest BCUT2D eigenvalue weighted by Crippen LogP contribution is 2.23. The van der Waals surface area contributed by atoms with Gasteiger partial charge in [0.25, 0.3) is 5.91 Å². The standard InChI is InChI=1S/C19H26N4O4S2/c1-4-27-17-6-5-16(11-13(17)2)29(25,26)20-12-15-7-9-23(10-8-15)19(24)18-14(3)21-22-28-18/h5-6,11,15,20H,4,7-10,12H2,1-3H3. The molecule has 0 aliphatic carbocycles. The summed E-state index contributed by atoms with van der Waals surface area (Å²) in [4.78, 5) is 15.1. The highest BCUT2D eigenvalue weighted by molar-refractivity contribution is 7.89. The number of carbonyl (C=O) groups is 1. The molecule has 2 aromatic rings. The molecule has 1 saturated heterocycles. The molecule has 29 heavy (non-hydrogen) atoms. The molecule has 1 amide bonds. The third-order valence-electron chi connectivity index (χ3n) is 5.07. The van der Waals surface area contributed by atoms with Crippen molar-refractivity contribution in [2.75, 3.05) is 26.2 Å². The third-order valence-corrected chi connectivity index (χ3v) is 7.30. The van der Waals surface area contributed by atoms with Gasteiger partial charge in [-0.2, -0.15) is 0 Å². The van der Waals surface area contributed by atoms with E-state index in [-0.39, 0.29) is 16.7 Å². The molecule has 2 heterocycles. The van der Waals surface area contributed by atoms with E-state index >= 15 is 0 Å². The lowest BCUT2D eigenvalue weighted by Gasteiger charge is -2.31. The first-order valence-electron chi connectivity index (χ1n) is 9.63. The maximum Gasteiger partial charge on any atom is 0.267 e. The van der Waals surface area contributed by atoms with Gasteiger partial charge in [0.1, 0.15) is 10.6 Å². The number of likely N-dealkylation sites (tertiary alicyclic amines) is 1. The summed E-state index contributed by atoms with van der Waals surface area (Å²) >= 11 is 1.12. The molecule has 10 heteroatoms. The summed E-state index contributed by atoms with van der Waals surface area (Å²) in [6.07, 6.45) is 1.50. The zero-order valence-corrected chi connectivity index (χ0v) is 18.5. The Morgan fingerprint density at radius 1 is 1.31 bits per heavy atom. The van der Waals surface area contributed by atoms with Crippen LogP contribution in [-0.4, -0.2) is 55.1 Å². The number of rotatable bonds is 7. The van der Waals surface area contributed by atoms with Crippen molar-refractivity contribution in [1.82, 2.24) is 19.2 Å². The normalized spacial score (nSPS) is 15.5. The zero-order valence-electron chi connectivity index (χ0n) is 16.8. The summed E-state index contributed by atoms with van der Waals surface area (Å²) in [6.45, 7) is 7.59. The average Bonchev–Trinajstić information content (AvgIpc) is 3.14. The lowest BCUT2D eigenvalue weighted by Crippen LogP contribution is -2.41. The first kappa shape index (κ1) is 21.7. The van der Waals surface area contributed by atoms with Crippen LogP contribution in [0.2, 0.25) is 0 Å². The van der Waals surface area contributed by atoms with Crippen molar-refractivity contribution >= 4 is 27.5 Å². The fourth-order valence-electron chi connectivity index (χ4n) is 3.33. The van der Waals surface area contributed by atoms with Crippen LogP contribution in [0.1, 0.15) is 40.7 Å². The Kier molecular flexibility index (Phi) is 6.86. The van der Waals surface area contributed by atoms with Gasteiger partial charge in [0.2, 0.25) is 10.0 Å². The lowest BCUT2D eigenvalue weighted by atomic mass is 9.97. The second-order valence-corrected chi connectivity index (χ2v) is 9.66. The van der Waals surface area contributed by atoms with Gasteiger partial charge in [-0.15, -0.1) is 5.10 Å². The number of hydrogen-bond donors (Lipinski definition) is 1.